The molecule has 7 nitrogen and oxygen atoms in total. The highest BCUT2D eigenvalue weighted by Crippen LogP contribution is 2.26. The minimum Gasteiger partial charge on any atom is -0.379 e. The number of aryl methyl sites for hydroxylation is 1. The zero-order valence-corrected chi connectivity index (χ0v) is 11.0. The van der Waals surface area contributed by atoms with Crippen molar-refractivity contribution >= 4 is 0 Å². The van der Waals surface area contributed by atoms with Gasteiger partial charge in [0.1, 0.15) is 5.69 Å². The Bertz CT molecular complexity index is 550. The molecular weight excluding hydrogens is 246 g/mol. The topological polar surface area (TPSA) is 78.0 Å². The molecule has 0 saturated carbocycles. The number of rotatable bonds is 4. The molecule has 0 spiro atoms. The maximum absolute atomic E-state index is 5.49. The second kappa shape index (κ2) is 5.10. The molecule has 7 heteroatoms. The van der Waals surface area contributed by atoms with E-state index in [0.29, 0.717) is 24.9 Å². The monoisotopic (exact) mass is 263 g/mol. The zero-order valence-electron chi connectivity index (χ0n) is 11.0. The smallest absolute Gasteiger partial charge is 0.234 e. The van der Waals surface area contributed by atoms with Crippen LogP contribution >= 0.6 is 0 Å². The summed E-state index contributed by atoms with van der Waals surface area (Å²) in [6, 6.07) is 2.10. The van der Waals surface area contributed by atoms with E-state index >= 15 is 0 Å². The number of nitrogens with zero attached hydrogens (tertiary/aromatic N) is 4. The number of likely N-dealkylation sites (N-methyl/N-ethyl adjacent to an activating group) is 1. The van der Waals surface area contributed by atoms with E-state index in [1.54, 1.807) is 4.68 Å². The molecule has 19 heavy (non-hydrogen) atoms. The molecule has 2 unspecified atom stereocenters. The fourth-order valence-corrected chi connectivity index (χ4v) is 2.29. The van der Waals surface area contributed by atoms with Gasteiger partial charge in [0.2, 0.25) is 11.7 Å². The van der Waals surface area contributed by atoms with Crippen molar-refractivity contribution in [3.05, 3.63) is 18.2 Å². The van der Waals surface area contributed by atoms with Crippen LogP contribution in [-0.4, -0.2) is 45.7 Å². The fourth-order valence-electron chi connectivity index (χ4n) is 2.29. The first kappa shape index (κ1) is 12.3. The predicted octanol–water partition coefficient (Wildman–Crippen LogP) is 0.562. The lowest BCUT2D eigenvalue weighted by molar-refractivity contribution is 0.185. The highest BCUT2D eigenvalue weighted by atomic mass is 16.5. The molecule has 0 aliphatic carbocycles. The maximum Gasteiger partial charge on any atom is 0.234 e. The molecular formula is C12H17N5O2. The van der Waals surface area contributed by atoms with Gasteiger partial charge < -0.3 is 14.6 Å². The van der Waals surface area contributed by atoms with E-state index in [9.17, 15) is 0 Å². The van der Waals surface area contributed by atoms with Crippen LogP contribution in [0.2, 0.25) is 0 Å². The number of hydrogen-bond donors (Lipinski definition) is 1. The van der Waals surface area contributed by atoms with Gasteiger partial charge in [-0.15, -0.1) is 0 Å². The lowest BCUT2D eigenvalue weighted by Gasteiger charge is -2.13. The molecule has 1 saturated heterocycles. The predicted molar refractivity (Wildman–Crippen MR) is 67.5 cm³/mol. The van der Waals surface area contributed by atoms with Gasteiger partial charge in [0, 0.05) is 19.3 Å². The summed E-state index contributed by atoms with van der Waals surface area (Å²) in [5, 5.41) is 11.6. The van der Waals surface area contributed by atoms with Crippen molar-refractivity contribution < 1.29 is 9.26 Å². The molecule has 1 fully saturated rings. The highest BCUT2D eigenvalue weighted by molar-refractivity contribution is 5.46. The summed E-state index contributed by atoms with van der Waals surface area (Å²) in [5.41, 5.74) is 0.719. The molecule has 102 valence electrons. The van der Waals surface area contributed by atoms with Crippen LogP contribution in [0.5, 0.6) is 0 Å². The summed E-state index contributed by atoms with van der Waals surface area (Å²) < 4.78 is 12.6. The molecule has 1 N–H and O–H groups in total. The van der Waals surface area contributed by atoms with Crippen LogP contribution < -0.4 is 5.32 Å². The normalized spacial score (nSPS) is 23.1. The molecule has 0 radical (unpaired) electrons. The van der Waals surface area contributed by atoms with E-state index < -0.39 is 0 Å². The van der Waals surface area contributed by atoms with Gasteiger partial charge in [-0.25, -0.2) is 0 Å². The molecule has 2 aromatic heterocycles. The standard InChI is InChI=1S/C12H17N5O2/c1-3-13-10-7-18-6-8(10)12-14-11(16-19-12)9-4-5-17(2)15-9/h4-5,8,10,13H,3,6-7H2,1-2H3. The first-order chi connectivity index (χ1) is 9.28. The first-order valence-electron chi connectivity index (χ1n) is 6.42. The SMILES string of the molecule is CCNC1COCC1c1nc(-c2ccn(C)n2)no1. The van der Waals surface area contributed by atoms with Crippen molar-refractivity contribution in [2.24, 2.45) is 7.05 Å². The summed E-state index contributed by atoms with van der Waals surface area (Å²) >= 11 is 0. The second-order valence-electron chi connectivity index (χ2n) is 4.64. The Hall–Kier alpha value is -1.73. The summed E-state index contributed by atoms with van der Waals surface area (Å²) in [6.07, 6.45) is 1.85. The minimum atomic E-state index is 0.116. The molecule has 2 aromatic rings. The van der Waals surface area contributed by atoms with Crippen molar-refractivity contribution in [2.45, 2.75) is 18.9 Å². The average Bonchev–Trinajstić information content (AvgIpc) is 3.07. The fraction of sp³-hybridized carbons (Fsp3) is 0.583. The van der Waals surface area contributed by atoms with Crippen molar-refractivity contribution in [3.8, 4) is 11.5 Å². The van der Waals surface area contributed by atoms with Crippen LogP contribution in [0.15, 0.2) is 16.8 Å². The molecule has 2 atom stereocenters. The van der Waals surface area contributed by atoms with E-state index in [-0.39, 0.29) is 12.0 Å². The van der Waals surface area contributed by atoms with Crippen molar-refractivity contribution in [1.29, 1.82) is 0 Å². The van der Waals surface area contributed by atoms with Gasteiger partial charge in [-0.1, -0.05) is 12.1 Å². The van der Waals surface area contributed by atoms with Gasteiger partial charge in [0.05, 0.1) is 19.1 Å². The molecule has 1 aliphatic heterocycles. The number of aromatic nitrogens is 4. The van der Waals surface area contributed by atoms with Crippen LogP contribution in [-0.2, 0) is 11.8 Å². The third-order valence-corrected chi connectivity index (χ3v) is 3.25. The molecule has 1 aliphatic rings. The van der Waals surface area contributed by atoms with Gasteiger partial charge in [-0.3, -0.25) is 4.68 Å². The summed E-state index contributed by atoms with van der Waals surface area (Å²) in [4.78, 5) is 4.43. The minimum absolute atomic E-state index is 0.116. The Kier molecular flexibility index (Phi) is 3.31. The molecule has 3 heterocycles. The van der Waals surface area contributed by atoms with E-state index in [0.717, 1.165) is 12.2 Å². The van der Waals surface area contributed by atoms with Crippen molar-refractivity contribution in [3.63, 3.8) is 0 Å². The van der Waals surface area contributed by atoms with Gasteiger partial charge in [-0.2, -0.15) is 10.1 Å². The number of nitrogens with one attached hydrogen (secondary N) is 1. The van der Waals surface area contributed by atoms with Gasteiger partial charge in [0.25, 0.3) is 0 Å². The van der Waals surface area contributed by atoms with Crippen LogP contribution in [0.3, 0.4) is 0 Å². The molecule has 0 bridgehead atoms. The summed E-state index contributed by atoms with van der Waals surface area (Å²) in [5.74, 6) is 1.26. The molecule has 0 amide bonds. The van der Waals surface area contributed by atoms with E-state index in [2.05, 4.69) is 27.5 Å². The number of ether oxygens (including phenoxy) is 1. The first-order valence-corrected chi connectivity index (χ1v) is 6.42. The molecule has 0 aromatic carbocycles. The molecule has 3 rings (SSSR count). The van der Waals surface area contributed by atoms with Crippen molar-refractivity contribution in [1.82, 2.24) is 25.2 Å². The Morgan fingerprint density at radius 1 is 1.47 bits per heavy atom. The van der Waals surface area contributed by atoms with E-state index in [1.807, 2.05) is 19.3 Å². The van der Waals surface area contributed by atoms with Gasteiger partial charge in [-0.05, 0) is 12.6 Å². The van der Waals surface area contributed by atoms with E-state index in [1.165, 1.54) is 0 Å². The lowest BCUT2D eigenvalue weighted by Crippen LogP contribution is -2.34. The van der Waals surface area contributed by atoms with Crippen LogP contribution in [0.1, 0.15) is 18.7 Å². The third kappa shape index (κ3) is 2.39. The average molecular weight is 263 g/mol. The van der Waals surface area contributed by atoms with Gasteiger partial charge in [0.15, 0.2) is 0 Å². The zero-order chi connectivity index (χ0) is 13.2. The lowest BCUT2D eigenvalue weighted by atomic mass is 10.0. The maximum atomic E-state index is 5.49. The van der Waals surface area contributed by atoms with Crippen LogP contribution in [0, 0.1) is 0 Å². The Labute approximate surface area is 110 Å². The quantitative estimate of drug-likeness (QED) is 0.868. The summed E-state index contributed by atoms with van der Waals surface area (Å²) in [6.45, 7) is 4.26. The van der Waals surface area contributed by atoms with Crippen LogP contribution in [0.4, 0.5) is 0 Å². The largest absolute Gasteiger partial charge is 0.379 e. The number of hydrogen-bond acceptors (Lipinski definition) is 6. The Morgan fingerprint density at radius 2 is 2.37 bits per heavy atom. The Morgan fingerprint density at radius 3 is 3.11 bits per heavy atom. The second-order valence-corrected chi connectivity index (χ2v) is 4.64. The van der Waals surface area contributed by atoms with Crippen molar-refractivity contribution in [2.75, 3.05) is 19.8 Å². The van der Waals surface area contributed by atoms with E-state index in [4.69, 9.17) is 9.26 Å². The summed E-state index contributed by atoms with van der Waals surface area (Å²) in [7, 11) is 1.86. The third-order valence-electron chi connectivity index (χ3n) is 3.25. The Balaban J connectivity index is 1.81. The highest BCUT2D eigenvalue weighted by Gasteiger charge is 2.33. The van der Waals surface area contributed by atoms with Crippen LogP contribution in [0.25, 0.3) is 11.5 Å². The van der Waals surface area contributed by atoms with Gasteiger partial charge >= 0.3 is 0 Å².